The average molecular weight is 386 g/mol. The van der Waals surface area contributed by atoms with Crippen LogP contribution in [0.2, 0.25) is 0 Å². The predicted octanol–water partition coefficient (Wildman–Crippen LogP) is 2.79. The van der Waals surface area contributed by atoms with E-state index in [0.717, 1.165) is 17.4 Å². The Morgan fingerprint density at radius 2 is 2.15 bits per heavy atom. The van der Waals surface area contributed by atoms with E-state index in [0.29, 0.717) is 10.4 Å². The number of hydrogen-bond acceptors (Lipinski definition) is 6. The molecule has 1 aromatic carbocycles. The van der Waals surface area contributed by atoms with Crippen molar-refractivity contribution in [2.45, 2.75) is 13.1 Å². The minimum atomic E-state index is -0.769. The van der Waals surface area contributed by atoms with Crippen LogP contribution in [0.5, 0.6) is 0 Å². The van der Waals surface area contributed by atoms with Crippen LogP contribution in [0.15, 0.2) is 49.2 Å². The lowest BCUT2D eigenvalue weighted by Gasteiger charge is -2.19. The van der Waals surface area contributed by atoms with Crippen molar-refractivity contribution in [1.29, 1.82) is 0 Å². The van der Waals surface area contributed by atoms with Crippen LogP contribution in [0.4, 0.5) is 13.9 Å². The topological polar surface area (TPSA) is 76.8 Å². The van der Waals surface area contributed by atoms with Gasteiger partial charge in [-0.15, -0.1) is 0 Å². The number of nitrogens with zero attached hydrogens (tertiary/aromatic N) is 6. The smallest absolute Gasteiger partial charge is 0.250 e. The molecule has 0 bridgehead atoms. The third-order valence-electron chi connectivity index (χ3n) is 3.74. The summed E-state index contributed by atoms with van der Waals surface area (Å²) >= 11 is 1.03. The molecule has 10 heteroatoms. The van der Waals surface area contributed by atoms with E-state index in [2.05, 4.69) is 20.1 Å². The number of aromatic nitrogens is 5. The monoisotopic (exact) mass is 386 g/mol. The highest BCUT2D eigenvalue weighted by molar-refractivity contribution is 7.22. The summed E-state index contributed by atoms with van der Waals surface area (Å²) in [6.45, 7) is 0.0674. The molecule has 4 rings (SSSR count). The Balaban J connectivity index is 1.72. The Morgan fingerprint density at radius 1 is 1.26 bits per heavy atom. The van der Waals surface area contributed by atoms with Gasteiger partial charge in [-0.1, -0.05) is 17.4 Å². The van der Waals surface area contributed by atoms with Crippen molar-refractivity contribution in [3.63, 3.8) is 0 Å². The lowest BCUT2D eigenvalue weighted by atomic mass is 10.3. The van der Waals surface area contributed by atoms with E-state index in [-0.39, 0.29) is 29.6 Å². The van der Waals surface area contributed by atoms with Crippen LogP contribution < -0.4 is 4.90 Å². The zero-order chi connectivity index (χ0) is 18.8. The fourth-order valence-electron chi connectivity index (χ4n) is 2.52. The van der Waals surface area contributed by atoms with Crippen LogP contribution in [0.3, 0.4) is 0 Å². The van der Waals surface area contributed by atoms with Crippen LogP contribution >= 0.6 is 11.3 Å². The second-order valence-electron chi connectivity index (χ2n) is 5.62. The molecule has 136 valence electrons. The first kappa shape index (κ1) is 17.2. The van der Waals surface area contributed by atoms with Gasteiger partial charge in [0.2, 0.25) is 0 Å². The maximum Gasteiger partial charge on any atom is 0.250 e. The molecule has 0 N–H and O–H groups in total. The van der Waals surface area contributed by atoms with Gasteiger partial charge in [-0.25, -0.2) is 23.4 Å². The number of rotatable bonds is 5. The maximum absolute atomic E-state index is 14.0. The van der Waals surface area contributed by atoms with Crippen molar-refractivity contribution in [2.24, 2.45) is 0 Å². The molecular weight excluding hydrogens is 374 g/mol. The van der Waals surface area contributed by atoms with Crippen molar-refractivity contribution < 1.29 is 13.6 Å². The molecular formula is C17H12F2N6OS. The summed E-state index contributed by atoms with van der Waals surface area (Å²) in [6, 6.07) is 7.30. The number of carbonyl (C=O) groups excluding carboxylic acids is 1. The Kier molecular flexibility index (Phi) is 4.55. The molecule has 7 nitrogen and oxygen atoms in total. The summed E-state index contributed by atoms with van der Waals surface area (Å²) in [5.74, 6) is -1.79. The summed E-state index contributed by atoms with van der Waals surface area (Å²) in [7, 11) is 0. The van der Waals surface area contributed by atoms with Crippen molar-refractivity contribution in [3.05, 3.63) is 66.5 Å². The Hall–Kier alpha value is -3.27. The maximum atomic E-state index is 14.0. The first-order valence-electron chi connectivity index (χ1n) is 7.88. The number of amides is 1. The number of hydrogen-bond donors (Lipinski definition) is 0. The second kappa shape index (κ2) is 7.16. The van der Waals surface area contributed by atoms with Gasteiger partial charge in [0.1, 0.15) is 30.5 Å². The van der Waals surface area contributed by atoms with Crippen LogP contribution in [-0.4, -0.2) is 30.6 Å². The largest absolute Gasteiger partial charge is 0.280 e. The van der Waals surface area contributed by atoms with E-state index in [9.17, 15) is 13.6 Å². The van der Waals surface area contributed by atoms with Crippen molar-refractivity contribution in [3.8, 4) is 0 Å². The van der Waals surface area contributed by atoms with Gasteiger partial charge >= 0.3 is 0 Å². The predicted molar refractivity (Wildman–Crippen MR) is 95.0 cm³/mol. The molecule has 1 amide bonds. The summed E-state index contributed by atoms with van der Waals surface area (Å²) in [6.07, 6.45) is 4.36. The lowest BCUT2D eigenvalue weighted by Crippen LogP contribution is -2.33. The fourth-order valence-corrected chi connectivity index (χ4v) is 3.54. The molecule has 3 heterocycles. The molecule has 0 unspecified atom stereocenters. The van der Waals surface area contributed by atoms with Gasteiger partial charge in [0.05, 0.1) is 16.9 Å². The summed E-state index contributed by atoms with van der Waals surface area (Å²) in [5, 5.41) is 4.18. The van der Waals surface area contributed by atoms with Crippen LogP contribution in [-0.2, 0) is 17.9 Å². The summed E-state index contributed by atoms with van der Waals surface area (Å²) in [4.78, 5) is 26.5. The van der Waals surface area contributed by atoms with Crippen LogP contribution in [0.25, 0.3) is 10.2 Å². The summed E-state index contributed by atoms with van der Waals surface area (Å²) in [5.41, 5.74) is 0.659. The average Bonchev–Trinajstić information content (AvgIpc) is 3.30. The molecule has 0 aliphatic rings. The van der Waals surface area contributed by atoms with Crippen LogP contribution in [0.1, 0.15) is 5.69 Å². The Bertz CT molecular complexity index is 1080. The van der Waals surface area contributed by atoms with Crippen molar-refractivity contribution in [1.82, 2.24) is 24.7 Å². The molecule has 0 saturated heterocycles. The van der Waals surface area contributed by atoms with E-state index in [1.165, 1.54) is 28.3 Å². The normalized spacial score (nSPS) is 11.0. The highest BCUT2D eigenvalue weighted by atomic mass is 32.1. The molecule has 27 heavy (non-hydrogen) atoms. The number of thiazole rings is 1. The SMILES string of the molecule is O=C(Cn1cncn1)N(Cc1ccccn1)c1nc2c(F)cc(F)cc2s1. The Morgan fingerprint density at radius 3 is 2.89 bits per heavy atom. The third kappa shape index (κ3) is 3.65. The van der Waals surface area contributed by atoms with Gasteiger partial charge in [-0.2, -0.15) is 5.10 Å². The van der Waals surface area contributed by atoms with E-state index in [1.54, 1.807) is 24.4 Å². The summed E-state index contributed by atoms with van der Waals surface area (Å²) < 4.78 is 29.2. The molecule has 0 saturated carbocycles. The van der Waals surface area contributed by atoms with Gasteiger partial charge < -0.3 is 0 Å². The zero-order valence-electron chi connectivity index (χ0n) is 13.8. The number of carbonyl (C=O) groups is 1. The van der Waals surface area contributed by atoms with E-state index >= 15 is 0 Å². The molecule has 0 fully saturated rings. The lowest BCUT2D eigenvalue weighted by molar-refractivity contribution is -0.119. The zero-order valence-corrected chi connectivity index (χ0v) is 14.6. The number of anilines is 1. The fraction of sp³-hybridized carbons (Fsp3) is 0.118. The molecule has 0 aliphatic carbocycles. The molecule has 0 spiro atoms. The highest BCUT2D eigenvalue weighted by Crippen LogP contribution is 2.32. The minimum Gasteiger partial charge on any atom is -0.280 e. The van der Waals surface area contributed by atoms with Gasteiger partial charge in [-0.3, -0.25) is 14.7 Å². The van der Waals surface area contributed by atoms with Gasteiger partial charge in [0.25, 0.3) is 5.91 Å². The van der Waals surface area contributed by atoms with Crippen molar-refractivity contribution in [2.75, 3.05) is 4.90 Å². The first-order chi connectivity index (χ1) is 13.1. The molecule has 3 aromatic heterocycles. The number of benzene rings is 1. The first-order valence-corrected chi connectivity index (χ1v) is 8.70. The molecule has 0 aliphatic heterocycles. The molecule has 4 aromatic rings. The van der Waals surface area contributed by atoms with Gasteiger partial charge in [0, 0.05) is 12.3 Å². The van der Waals surface area contributed by atoms with Gasteiger partial charge in [-0.05, 0) is 18.2 Å². The minimum absolute atomic E-state index is 0.0241. The highest BCUT2D eigenvalue weighted by Gasteiger charge is 2.22. The molecule has 0 atom stereocenters. The van der Waals surface area contributed by atoms with Crippen molar-refractivity contribution >= 4 is 32.6 Å². The molecule has 0 radical (unpaired) electrons. The number of pyridine rings is 1. The Labute approximate surface area is 155 Å². The van der Waals surface area contributed by atoms with E-state index in [4.69, 9.17) is 0 Å². The van der Waals surface area contributed by atoms with E-state index in [1.807, 2.05) is 0 Å². The quantitative estimate of drug-likeness (QED) is 0.527. The standard InChI is InChI=1S/C17H12F2N6OS/c18-11-5-13(19)16-14(6-11)27-17(23-16)25(7-12-3-1-2-4-21-12)15(26)8-24-10-20-9-22-24/h1-6,9-10H,7-8H2. The number of fused-ring (bicyclic) bond motifs is 1. The second-order valence-corrected chi connectivity index (χ2v) is 6.63. The van der Waals surface area contributed by atoms with Crippen LogP contribution in [0, 0.1) is 11.6 Å². The van der Waals surface area contributed by atoms with Gasteiger partial charge in [0.15, 0.2) is 10.9 Å². The third-order valence-corrected chi connectivity index (χ3v) is 4.77. The number of halogens is 2. The van der Waals surface area contributed by atoms with E-state index < -0.39 is 11.6 Å².